The predicted octanol–water partition coefficient (Wildman–Crippen LogP) is 1.35. The van der Waals surface area contributed by atoms with Gasteiger partial charge in [0.05, 0.1) is 37.4 Å². The average Bonchev–Trinajstić information content (AvgIpc) is 2.82. The molecule has 0 amide bonds. The number of nitrogens with two attached hydrogens (primary N) is 1. The molecule has 2 heterocycles. The smallest absolute Gasteiger partial charge is 0.201 e. The van der Waals surface area contributed by atoms with E-state index in [1.807, 2.05) is 22.8 Å². The van der Waals surface area contributed by atoms with E-state index in [4.69, 9.17) is 15.2 Å². The minimum absolute atomic E-state index is 0.143. The number of rotatable bonds is 4. The number of aromatic nitrogens is 2. The molecule has 1 aliphatic heterocycles. The van der Waals surface area contributed by atoms with Crippen molar-refractivity contribution in [2.75, 3.05) is 39.1 Å². The Morgan fingerprint density at radius 1 is 1.48 bits per heavy atom. The fraction of sp³-hybridized carbons (Fsp3) is 0.533. The highest BCUT2D eigenvalue weighted by atomic mass is 16.5. The second-order valence-corrected chi connectivity index (χ2v) is 5.32. The number of likely N-dealkylation sites (N-methyl/N-ethyl adjacent to an activating group) is 1. The summed E-state index contributed by atoms with van der Waals surface area (Å²) in [4.78, 5) is 6.80. The summed E-state index contributed by atoms with van der Waals surface area (Å²) in [7, 11) is 1.66. The summed E-state index contributed by atoms with van der Waals surface area (Å²) in [6, 6.07) is 5.80. The van der Waals surface area contributed by atoms with Gasteiger partial charge in [-0.05, 0) is 18.7 Å². The summed E-state index contributed by atoms with van der Waals surface area (Å²) >= 11 is 0. The molecule has 0 aliphatic carbocycles. The number of anilines is 1. The van der Waals surface area contributed by atoms with E-state index >= 15 is 0 Å². The zero-order valence-corrected chi connectivity index (χ0v) is 12.6. The molecule has 3 rings (SSSR count). The normalized spacial score (nSPS) is 20.0. The lowest BCUT2D eigenvalue weighted by atomic mass is 10.2. The van der Waals surface area contributed by atoms with E-state index in [1.165, 1.54) is 0 Å². The minimum Gasteiger partial charge on any atom is -0.497 e. The molecule has 6 heteroatoms. The summed E-state index contributed by atoms with van der Waals surface area (Å²) in [5, 5.41) is 0. The molecule has 1 aliphatic rings. The first-order valence-corrected chi connectivity index (χ1v) is 7.35. The van der Waals surface area contributed by atoms with Crippen LogP contribution in [0.5, 0.6) is 5.75 Å². The lowest BCUT2D eigenvalue weighted by Crippen LogP contribution is -2.44. The van der Waals surface area contributed by atoms with Crippen molar-refractivity contribution in [3.8, 4) is 5.75 Å². The second-order valence-electron chi connectivity index (χ2n) is 5.32. The van der Waals surface area contributed by atoms with Crippen molar-refractivity contribution < 1.29 is 9.47 Å². The van der Waals surface area contributed by atoms with Gasteiger partial charge in [0.1, 0.15) is 5.75 Å². The van der Waals surface area contributed by atoms with Gasteiger partial charge in [-0.3, -0.25) is 4.90 Å². The number of morpholine rings is 1. The number of fused-ring (bicyclic) bond motifs is 1. The SMILES string of the molecule is CCN1CCOC(Cn2c(N)nc3ccc(OC)cc32)C1. The molecule has 21 heavy (non-hydrogen) atoms. The monoisotopic (exact) mass is 290 g/mol. The topological polar surface area (TPSA) is 65.5 Å². The van der Waals surface area contributed by atoms with Crippen LogP contribution in [-0.2, 0) is 11.3 Å². The number of methoxy groups -OCH3 is 1. The number of benzene rings is 1. The second kappa shape index (κ2) is 5.91. The maximum absolute atomic E-state index is 6.07. The Morgan fingerprint density at radius 2 is 2.33 bits per heavy atom. The minimum atomic E-state index is 0.143. The Bertz CT molecular complexity index is 625. The predicted molar refractivity (Wildman–Crippen MR) is 82.6 cm³/mol. The summed E-state index contributed by atoms with van der Waals surface area (Å²) in [6.07, 6.45) is 0.143. The third kappa shape index (κ3) is 2.82. The Hall–Kier alpha value is -1.79. The van der Waals surface area contributed by atoms with Gasteiger partial charge in [-0.25, -0.2) is 4.98 Å². The van der Waals surface area contributed by atoms with Gasteiger partial charge in [-0.2, -0.15) is 0 Å². The number of hydrogen-bond acceptors (Lipinski definition) is 5. The van der Waals surface area contributed by atoms with Crippen molar-refractivity contribution >= 4 is 17.0 Å². The van der Waals surface area contributed by atoms with Crippen LogP contribution >= 0.6 is 0 Å². The fourth-order valence-corrected chi connectivity index (χ4v) is 2.82. The highest BCUT2D eigenvalue weighted by Crippen LogP contribution is 2.24. The molecule has 1 atom stereocenters. The van der Waals surface area contributed by atoms with E-state index in [0.29, 0.717) is 12.5 Å². The Labute approximate surface area is 124 Å². The molecule has 0 saturated carbocycles. The Kier molecular flexibility index (Phi) is 3.98. The van der Waals surface area contributed by atoms with Crippen molar-refractivity contribution in [2.45, 2.75) is 19.6 Å². The van der Waals surface area contributed by atoms with Crippen molar-refractivity contribution in [1.82, 2.24) is 14.5 Å². The van der Waals surface area contributed by atoms with E-state index in [2.05, 4.69) is 16.8 Å². The zero-order chi connectivity index (χ0) is 14.8. The zero-order valence-electron chi connectivity index (χ0n) is 12.6. The van der Waals surface area contributed by atoms with E-state index in [-0.39, 0.29) is 6.10 Å². The number of nitrogens with zero attached hydrogens (tertiary/aromatic N) is 3. The average molecular weight is 290 g/mol. The van der Waals surface area contributed by atoms with E-state index in [1.54, 1.807) is 7.11 Å². The van der Waals surface area contributed by atoms with Crippen LogP contribution in [0.4, 0.5) is 5.95 Å². The van der Waals surface area contributed by atoms with Gasteiger partial charge in [0.15, 0.2) is 0 Å². The molecule has 1 fully saturated rings. The standard InChI is InChI=1S/C15H22N4O2/c1-3-18-6-7-21-12(9-18)10-19-14-8-11(20-2)4-5-13(14)17-15(19)16/h4-5,8,12H,3,6-7,9-10H2,1-2H3,(H2,16,17). The Balaban J connectivity index is 1.87. The summed E-state index contributed by atoms with van der Waals surface area (Å²) < 4.78 is 13.2. The summed E-state index contributed by atoms with van der Waals surface area (Å²) in [5.41, 5.74) is 7.95. The maximum Gasteiger partial charge on any atom is 0.201 e. The number of ether oxygens (including phenoxy) is 2. The van der Waals surface area contributed by atoms with Crippen molar-refractivity contribution in [2.24, 2.45) is 0 Å². The van der Waals surface area contributed by atoms with Gasteiger partial charge in [0.2, 0.25) is 5.95 Å². The molecule has 0 bridgehead atoms. The molecule has 1 aromatic heterocycles. The molecule has 1 aromatic carbocycles. The Morgan fingerprint density at radius 3 is 3.10 bits per heavy atom. The summed E-state index contributed by atoms with van der Waals surface area (Å²) in [6.45, 7) is 6.64. The lowest BCUT2D eigenvalue weighted by Gasteiger charge is -2.32. The number of imidazole rings is 1. The molecule has 1 saturated heterocycles. The first-order chi connectivity index (χ1) is 10.2. The highest BCUT2D eigenvalue weighted by molar-refractivity contribution is 5.79. The molecule has 6 nitrogen and oxygen atoms in total. The molecule has 0 spiro atoms. The maximum atomic E-state index is 6.07. The van der Waals surface area contributed by atoms with Crippen molar-refractivity contribution in [3.05, 3.63) is 18.2 Å². The fourth-order valence-electron chi connectivity index (χ4n) is 2.82. The lowest BCUT2D eigenvalue weighted by molar-refractivity contribution is -0.0335. The third-order valence-electron chi connectivity index (χ3n) is 4.04. The van der Waals surface area contributed by atoms with Crippen LogP contribution in [0.2, 0.25) is 0 Å². The van der Waals surface area contributed by atoms with Gasteiger partial charge >= 0.3 is 0 Å². The van der Waals surface area contributed by atoms with Crippen LogP contribution in [0.25, 0.3) is 11.0 Å². The van der Waals surface area contributed by atoms with Crippen LogP contribution in [0, 0.1) is 0 Å². The van der Waals surface area contributed by atoms with E-state index in [0.717, 1.165) is 43.0 Å². The van der Waals surface area contributed by atoms with Gasteiger partial charge in [0, 0.05) is 19.2 Å². The van der Waals surface area contributed by atoms with Gasteiger partial charge in [-0.1, -0.05) is 6.92 Å². The third-order valence-corrected chi connectivity index (χ3v) is 4.04. The summed E-state index contributed by atoms with van der Waals surface area (Å²) in [5.74, 6) is 1.33. The van der Waals surface area contributed by atoms with E-state index in [9.17, 15) is 0 Å². The largest absolute Gasteiger partial charge is 0.497 e. The first kappa shape index (κ1) is 14.2. The van der Waals surface area contributed by atoms with Crippen LogP contribution in [0.1, 0.15) is 6.92 Å². The van der Waals surface area contributed by atoms with E-state index < -0.39 is 0 Å². The van der Waals surface area contributed by atoms with Gasteiger partial charge < -0.3 is 19.8 Å². The number of hydrogen-bond donors (Lipinski definition) is 1. The number of nitrogen functional groups attached to an aromatic ring is 1. The van der Waals surface area contributed by atoms with Crippen molar-refractivity contribution in [1.29, 1.82) is 0 Å². The molecule has 1 unspecified atom stereocenters. The van der Waals surface area contributed by atoms with Crippen LogP contribution in [0.3, 0.4) is 0 Å². The molecular weight excluding hydrogens is 268 g/mol. The molecule has 0 radical (unpaired) electrons. The van der Waals surface area contributed by atoms with Crippen molar-refractivity contribution in [3.63, 3.8) is 0 Å². The van der Waals surface area contributed by atoms with Crippen LogP contribution in [0.15, 0.2) is 18.2 Å². The van der Waals surface area contributed by atoms with Crippen LogP contribution < -0.4 is 10.5 Å². The molecule has 2 N–H and O–H groups in total. The van der Waals surface area contributed by atoms with Crippen LogP contribution in [-0.4, -0.2) is 53.9 Å². The van der Waals surface area contributed by atoms with Gasteiger partial charge in [-0.15, -0.1) is 0 Å². The molecular formula is C15H22N4O2. The molecule has 2 aromatic rings. The molecule has 114 valence electrons. The first-order valence-electron chi connectivity index (χ1n) is 7.35. The quantitative estimate of drug-likeness (QED) is 0.920. The van der Waals surface area contributed by atoms with Gasteiger partial charge in [0.25, 0.3) is 0 Å². The highest BCUT2D eigenvalue weighted by Gasteiger charge is 2.21.